The molecule has 0 aromatic carbocycles. The van der Waals surface area contributed by atoms with Crippen LogP contribution in [-0.2, 0) is 18.0 Å². The van der Waals surface area contributed by atoms with Crippen LogP contribution in [0.1, 0.15) is 32.6 Å². The van der Waals surface area contributed by atoms with Crippen LogP contribution in [0, 0.1) is 0 Å². The summed E-state index contributed by atoms with van der Waals surface area (Å²) in [5, 5.41) is 0. The van der Waals surface area contributed by atoms with E-state index in [2.05, 4.69) is 14.9 Å². The van der Waals surface area contributed by atoms with Gasteiger partial charge in [0.05, 0.1) is 6.61 Å². The van der Waals surface area contributed by atoms with Crippen LogP contribution in [0.4, 0.5) is 0 Å². The van der Waals surface area contributed by atoms with Crippen LogP contribution in [0.3, 0.4) is 0 Å². The van der Waals surface area contributed by atoms with E-state index < -0.39 is 15.6 Å². The third kappa shape index (κ3) is 9.30. The molecule has 1 atom stereocenters. The van der Waals surface area contributed by atoms with E-state index in [4.69, 9.17) is 14.7 Å². The fraction of sp³-hybridized carbons (Fsp3) is 0.600. The highest BCUT2D eigenvalue weighted by atomic mass is 31.3. The summed E-state index contributed by atoms with van der Waals surface area (Å²) in [6.45, 7) is 1.61. The van der Waals surface area contributed by atoms with E-state index in [9.17, 15) is 9.13 Å². The average Bonchev–Trinajstić information content (AvgIpc) is 2.97. The maximum Gasteiger partial charge on any atom is 0.481 e. The summed E-state index contributed by atoms with van der Waals surface area (Å²) in [4.78, 5) is 25.8. The molecule has 0 saturated heterocycles. The molecule has 3 N–H and O–H groups in total. The first-order valence-corrected chi connectivity index (χ1v) is 8.78. The lowest BCUT2D eigenvalue weighted by molar-refractivity contribution is 0.191. The van der Waals surface area contributed by atoms with Gasteiger partial charge in [-0.1, -0.05) is 23.3 Å². The Hall–Kier alpha value is -0.260. The molecular formula is C10H18O7P2. The number of phosphoric ester groups is 1. The second kappa shape index (κ2) is 6.95. The van der Waals surface area contributed by atoms with E-state index >= 15 is 0 Å². The second-order valence-electron chi connectivity index (χ2n) is 4.29. The molecule has 1 aliphatic carbocycles. The Labute approximate surface area is 111 Å². The molecule has 1 saturated carbocycles. The first-order valence-electron chi connectivity index (χ1n) is 5.76. The van der Waals surface area contributed by atoms with E-state index in [0.717, 1.165) is 18.4 Å². The fourth-order valence-electron chi connectivity index (χ4n) is 1.31. The number of hydrogen-bond acceptors (Lipinski definition) is 4. The van der Waals surface area contributed by atoms with E-state index in [0.29, 0.717) is 0 Å². The Morgan fingerprint density at radius 2 is 1.95 bits per heavy atom. The summed E-state index contributed by atoms with van der Waals surface area (Å²) >= 11 is 0. The Morgan fingerprint density at radius 1 is 1.32 bits per heavy atom. The standard InChI is InChI=1S/C10H18O7P2/c1-9(3-2-4-10-5-6-10)7-8-16-19(14,15)17-18(11,12)13/h4,7H,2-3,5-6,8H2,1H3,(H,14,15)(H2,11,12,13)/b9-7+. The minimum absolute atomic E-state index is 0.240. The molecular weight excluding hydrogens is 294 g/mol. The molecule has 19 heavy (non-hydrogen) atoms. The van der Waals surface area contributed by atoms with Crippen LogP contribution in [0.25, 0.3) is 0 Å². The van der Waals surface area contributed by atoms with Crippen LogP contribution >= 0.6 is 15.6 Å². The van der Waals surface area contributed by atoms with E-state index in [-0.39, 0.29) is 6.61 Å². The van der Waals surface area contributed by atoms with E-state index in [1.54, 1.807) is 6.08 Å². The normalized spacial score (nSPS) is 19.2. The van der Waals surface area contributed by atoms with Gasteiger partial charge in [-0.3, -0.25) is 4.52 Å². The van der Waals surface area contributed by atoms with Crippen molar-refractivity contribution in [2.45, 2.75) is 32.6 Å². The second-order valence-corrected chi connectivity index (χ2v) is 7.12. The molecule has 1 fully saturated rings. The molecule has 1 rings (SSSR count). The maximum absolute atomic E-state index is 11.1. The van der Waals surface area contributed by atoms with Gasteiger partial charge in [-0.25, -0.2) is 9.13 Å². The van der Waals surface area contributed by atoms with Gasteiger partial charge in [0.1, 0.15) is 0 Å². The summed E-state index contributed by atoms with van der Waals surface area (Å²) in [5.74, 6) is 0. The zero-order valence-corrected chi connectivity index (χ0v) is 12.3. The average molecular weight is 312 g/mol. The van der Waals surface area contributed by atoms with Crippen molar-refractivity contribution in [1.82, 2.24) is 0 Å². The highest BCUT2D eigenvalue weighted by Gasteiger charge is 2.31. The molecule has 0 aliphatic heterocycles. The van der Waals surface area contributed by atoms with Gasteiger partial charge >= 0.3 is 15.6 Å². The third-order valence-electron chi connectivity index (χ3n) is 2.39. The first-order chi connectivity index (χ1) is 8.68. The van der Waals surface area contributed by atoms with Crippen LogP contribution in [0.15, 0.2) is 23.3 Å². The number of rotatable bonds is 8. The molecule has 1 aliphatic rings. The topological polar surface area (TPSA) is 113 Å². The molecule has 0 aromatic rings. The van der Waals surface area contributed by atoms with Crippen molar-refractivity contribution in [2.75, 3.05) is 6.61 Å². The zero-order valence-electron chi connectivity index (χ0n) is 10.6. The largest absolute Gasteiger partial charge is 0.481 e. The monoisotopic (exact) mass is 312 g/mol. The SMILES string of the molecule is C/C(=C\COP(=O)(O)OP(=O)(O)O)CCC=C1CC1. The van der Waals surface area contributed by atoms with Gasteiger partial charge in [0.2, 0.25) is 0 Å². The summed E-state index contributed by atoms with van der Waals surface area (Å²) in [6, 6.07) is 0. The van der Waals surface area contributed by atoms with Crippen molar-refractivity contribution in [2.24, 2.45) is 0 Å². The molecule has 110 valence electrons. The van der Waals surface area contributed by atoms with Crippen molar-refractivity contribution < 1.29 is 32.6 Å². The van der Waals surface area contributed by atoms with E-state index in [1.165, 1.54) is 18.4 Å². The smallest absolute Gasteiger partial charge is 0.302 e. The Bertz CT molecular complexity index is 456. The number of phosphoric acid groups is 2. The van der Waals surface area contributed by atoms with Crippen LogP contribution < -0.4 is 0 Å². The van der Waals surface area contributed by atoms with Gasteiger partial charge in [-0.05, 0) is 32.6 Å². The van der Waals surface area contributed by atoms with Gasteiger partial charge in [0.15, 0.2) is 0 Å². The van der Waals surface area contributed by atoms with E-state index in [1.807, 2.05) is 6.92 Å². The molecule has 9 heteroatoms. The lowest BCUT2D eigenvalue weighted by Crippen LogP contribution is -1.94. The van der Waals surface area contributed by atoms with Gasteiger partial charge in [-0.15, -0.1) is 0 Å². The van der Waals surface area contributed by atoms with Crippen molar-refractivity contribution in [3.8, 4) is 0 Å². The highest BCUT2D eigenvalue weighted by Crippen LogP contribution is 2.57. The summed E-state index contributed by atoms with van der Waals surface area (Å²) in [7, 11) is -9.76. The highest BCUT2D eigenvalue weighted by molar-refractivity contribution is 7.60. The Morgan fingerprint density at radius 3 is 2.47 bits per heavy atom. The van der Waals surface area contributed by atoms with Crippen LogP contribution in [-0.4, -0.2) is 21.3 Å². The van der Waals surface area contributed by atoms with Gasteiger partial charge in [0, 0.05) is 0 Å². The summed E-state index contributed by atoms with van der Waals surface area (Å²) in [6.07, 6.45) is 7.83. The van der Waals surface area contributed by atoms with Crippen LogP contribution in [0.5, 0.6) is 0 Å². The Kier molecular flexibility index (Phi) is 6.15. The molecule has 0 aromatic heterocycles. The molecule has 0 heterocycles. The number of hydrogen-bond donors (Lipinski definition) is 3. The molecule has 0 spiro atoms. The molecule has 1 unspecified atom stereocenters. The minimum atomic E-state index is -5.04. The Balaban J connectivity index is 2.28. The zero-order chi connectivity index (χ0) is 14.5. The van der Waals surface area contributed by atoms with Gasteiger partial charge in [0.25, 0.3) is 0 Å². The summed E-state index contributed by atoms with van der Waals surface area (Å²) in [5.41, 5.74) is 2.42. The van der Waals surface area contributed by atoms with Crippen molar-refractivity contribution >= 4 is 15.6 Å². The predicted octanol–water partition coefficient (Wildman–Crippen LogP) is 2.66. The lowest BCUT2D eigenvalue weighted by Gasteiger charge is -2.11. The molecule has 0 bridgehead atoms. The number of allylic oxidation sites excluding steroid dienone is 3. The molecule has 0 amide bonds. The van der Waals surface area contributed by atoms with Crippen molar-refractivity contribution in [3.05, 3.63) is 23.3 Å². The maximum atomic E-state index is 11.1. The minimum Gasteiger partial charge on any atom is -0.302 e. The van der Waals surface area contributed by atoms with Crippen LogP contribution in [0.2, 0.25) is 0 Å². The fourth-order valence-corrected chi connectivity index (χ4v) is 2.84. The summed E-state index contributed by atoms with van der Waals surface area (Å²) < 4.78 is 29.6. The molecule has 0 radical (unpaired) electrons. The van der Waals surface area contributed by atoms with Gasteiger partial charge in [-0.2, -0.15) is 4.31 Å². The lowest BCUT2D eigenvalue weighted by atomic mass is 10.1. The first kappa shape index (κ1) is 16.8. The van der Waals surface area contributed by atoms with Gasteiger partial charge < -0.3 is 14.7 Å². The quantitative estimate of drug-likeness (QED) is 0.466. The van der Waals surface area contributed by atoms with Crippen molar-refractivity contribution in [1.29, 1.82) is 0 Å². The molecule has 7 nitrogen and oxygen atoms in total. The van der Waals surface area contributed by atoms with Crippen molar-refractivity contribution in [3.63, 3.8) is 0 Å². The predicted molar refractivity (Wildman–Crippen MR) is 69.2 cm³/mol. The third-order valence-corrected chi connectivity index (χ3v) is 4.54.